The molecule has 3 heteroatoms. The Kier molecular flexibility index (Phi) is 10.9. The van der Waals surface area contributed by atoms with Crippen molar-refractivity contribution in [2.45, 2.75) is 47.5 Å². The van der Waals surface area contributed by atoms with Crippen molar-refractivity contribution in [3.05, 3.63) is 76.0 Å². The summed E-state index contributed by atoms with van der Waals surface area (Å²) in [6.07, 6.45) is 1.87. The molecule has 0 fully saturated rings. The van der Waals surface area contributed by atoms with E-state index in [0.717, 1.165) is 10.2 Å². The lowest BCUT2D eigenvalue weighted by Gasteiger charge is -2.03. The van der Waals surface area contributed by atoms with Crippen molar-refractivity contribution in [3.8, 4) is 0 Å². The van der Waals surface area contributed by atoms with E-state index in [-0.39, 0.29) is 5.78 Å². The number of benzene rings is 1. The summed E-state index contributed by atoms with van der Waals surface area (Å²) in [6, 6.07) is 12.5. The highest BCUT2D eigenvalue weighted by molar-refractivity contribution is 9.10. The lowest BCUT2D eigenvalue weighted by molar-refractivity contribution is -0.113. The molecule has 130 valence electrons. The van der Waals surface area contributed by atoms with Gasteiger partial charge in [0.1, 0.15) is 0 Å². The number of allylic oxidation sites excluding steroid dienone is 1. The molecule has 0 aliphatic rings. The molecule has 1 aromatic heterocycles. The fourth-order valence-corrected chi connectivity index (χ4v) is 1.65. The summed E-state index contributed by atoms with van der Waals surface area (Å²) >= 11 is 3.39. The summed E-state index contributed by atoms with van der Waals surface area (Å²) in [5.41, 5.74) is 4.31. The SMILES string of the molecule is C=C(C)C(C)=O.CC(C)c1ccc(Br)cc1.Cc1ccc(C)nc1. The number of carbonyl (C=O) groups is 1. The van der Waals surface area contributed by atoms with Crippen molar-refractivity contribution in [1.29, 1.82) is 0 Å². The quantitative estimate of drug-likeness (QED) is 0.554. The third-order valence-electron chi connectivity index (χ3n) is 3.20. The Morgan fingerprint density at radius 2 is 1.54 bits per heavy atom. The van der Waals surface area contributed by atoms with Gasteiger partial charge in [-0.15, -0.1) is 0 Å². The molecule has 0 saturated carbocycles. The Balaban J connectivity index is 0.000000343. The number of pyridine rings is 1. The van der Waals surface area contributed by atoms with Crippen molar-refractivity contribution >= 4 is 21.7 Å². The second-order valence-corrected chi connectivity index (χ2v) is 6.94. The minimum absolute atomic E-state index is 0.0648. The summed E-state index contributed by atoms with van der Waals surface area (Å²) < 4.78 is 1.15. The molecule has 0 aliphatic heterocycles. The lowest BCUT2D eigenvalue weighted by Crippen LogP contribution is -1.86. The van der Waals surface area contributed by atoms with Gasteiger partial charge in [0.15, 0.2) is 5.78 Å². The van der Waals surface area contributed by atoms with Crippen LogP contribution in [0.5, 0.6) is 0 Å². The van der Waals surface area contributed by atoms with Gasteiger partial charge in [-0.25, -0.2) is 0 Å². The number of carbonyl (C=O) groups excluding carboxylic acids is 1. The van der Waals surface area contributed by atoms with E-state index in [2.05, 4.69) is 71.7 Å². The largest absolute Gasteiger partial charge is 0.295 e. The van der Waals surface area contributed by atoms with Gasteiger partial charge in [-0.3, -0.25) is 9.78 Å². The number of aryl methyl sites for hydroxylation is 2. The molecule has 2 rings (SSSR count). The molecule has 0 bridgehead atoms. The molecule has 0 saturated heterocycles. The third kappa shape index (κ3) is 10.9. The summed E-state index contributed by atoms with van der Waals surface area (Å²) in [7, 11) is 0. The molecule has 1 aromatic carbocycles. The second kappa shape index (κ2) is 11.7. The Bertz CT molecular complexity index is 595. The highest BCUT2D eigenvalue weighted by Gasteiger charge is 1.95. The average molecular weight is 390 g/mol. The van der Waals surface area contributed by atoms with Crippen LogP contribution in [0.4, 0.5) is 0 Å². The van der Waals surface area contributed by atoms with E-state index in [1.54, 1.807) is 6.92 Å². The number of rotatable bonds is 2. The van der Waals surface area contributed by atoms with Gasteiger partial charge < -0.3 is 0 Å². The van der Waals surface area contributed by atoms with Gasteiger partial charge in [-0.1, -0.05) is 54.6 Å². The Labute approximate surface area is 155 Å². The predicted octanol–water partition coefficient (Wildman–Crippen LogP) is 6.42. The standard InChI is InChI=1S/C9H11Br.C7H9N.C5H8O/c1-7(2)8-3-5-9(10)6-4-8;1-6-3-4-7(2)8-5-6;1-4(2)5(3)6/h3-7H,1-2H3;3-5H,1-2H3;1H2,2-3H3. The highest BCUT2D eigenvalue weighted by atomic mass is 79.9. The zero-order valence-electron chi connectivity index (χ0n) is 15.6. The van der Waals surface area contributed by atoms with Crippen LogP contribution in [0.25, 0.3) is 0 Å². The van der Waals surface area contributed by atoms with Gasteiger partial charge >= 0.3 is 0 Å². The van der Waals surface area contributed by atoms with Crippen LogP contribution in [0.3, 0.4) is 0 Å². The van der Waals surface area contributed by atoms with Gasteiger partial charge in [0.2, 0.25) is 0 Å². The summed E-state index contributed by atoms with van der Waals surface area (Å²) in [5.74, 6) is 0.697. The van der Waals surface area contributed by atoms with Crippen molar-refractivity contribution in [1.82, 2.24) is 4.98 Å². The molecule has 0 aliphatic carbocycles. The minimum atomic E-state index is 0.0648. The Hall–Kier alpha value is -1.74. The van der Waals surface area contributed by atoms with Crippen molar-refractivity contribution in [3.63, 3.8) is 0 Å². The zero-order chi connectivity index (χ0) is 18.7. The Morgan fingerprint density at radius 1 is 1.04 bits per heavy atom. The van der Waals surface area contributed by atoms with Crippen LogP contribution >= 0.6 is 15.9 Å². The molecule has 2 aromatic rings. The molecule has 2 nitrogen and oxygen atoms in total. The smallest absolute Gasteiger partial charge is 0.154 e. The van der Waals surface area contributed by atoms with Crippen LogP contribution in [0.15, 0.2) is 59.2 Å². The van der Waals surface area contributed by atoms with Gasteiger partial charge in [0.05, 0.1) is 0 Å². The number of hydrogen-bond acceptors (Lipinski definition) is 2. The van der Waals surface area contributed by atoms with Crippen LogP contribution in [0.1, 0.15) is 50.4 Å². The topological polar surface area (TPSA) is 30.0 Å². The molecule has 0 unspecified atom stereocenters. The van der Waals surface area contributed by atoms with Gasteiger partial charge in [-0.05, 0) is 68.5 Å². The third-order valence-corrected chi connectivity index (χ3v) is 3.73. The van der Waals surface area contributed by atoms with Gasteiger partial charge in [0.25, 0.3) is 0 Å². The van der Waals surface area contributed by atoms with E-state index in [1.165, 1.54) is 18.1 Å². The molecular weight excluding hydrogens is 362 g/mol. The number of halogens is 1. The van der Waals surface area contributed by atoms with Crippen molar-refractivity contribution in [2.24, 2.45) is 0 Å². The van der Waals surface area contributed by atoms with Gasteiger partial charge in [-0.2, -0.15) is 0 Å². The maximum Gasteiger partial charge on any atom is 0.154 e. The van der Waals surface area contributed by atoms with E-state index in [0.29, 0.717) is 11.5 Å². The molecule has 1 heterocycles. The summed E-state index contributed by atoms with van der Waals surface area (Å²) in [6.45, 7) is 15.0. The molecule has 0 atom stereocenters. The van der Waals surface area contributed by atoms with Crippen molar-refractivity contribution in [2.75, 3.05) is 0 Å². The molecule has 24 heavy (non-hydrogen) atoms. The fraction of sp³-hybridized carbons (Fsp3) is 0.333. The van der Waals surface area contributed by atoms with Crippen LogP contribution in [-0.2, 0) is 4.79 Å². The fourth-order valence-electron chi connectivity index (χ4n) is 1.39. The number of hydrogen-bond donors (Lipinski definition) is 0. The highest BCUT2D eigenvalue weighted by Crippen LogP contribution is 2.17. The maximum absolute atomic E-state index is 10.0. The normalized spacial score (nSPS) is 9.33. The monoisotopic (exact) mass is 389 g/mol. The van der Waals surface area contributed by atoms with Crippen LogP contribution in [0.2, 0.25) is 0 Å². The number of aromatic nitrogens is 1. The van der Waals surface area contributed by atoms with E-state index in [1.807, 2.05) is 26.1 Å². The summed E-state index contributed by atoms with van der Waals surface area (Å²) in [5, 5.41) is 0. The first-order chi connectivity index (χ1) is 11.1. The van der Waals surface area contributed by atoms with E-state index in [9.17, 15) is 4.79 Å². The summed E-state index contributed by atoms with van der Waals surface area (Å²) in [4.78, 5) is 14.1. The Morgan fingerprint density at radius 3 is 1.83 bits per heavy atom. The molecular formula is C21H28BrNO. The van der Waals surface area contributed by atoms with E-state index < -0.39 is 0 Å². The van der Waals surface area contributed by atoms with E-state index >= 15 is 0 Å². The number of ketones is 1. The average Bonchev–Trinajstić information content (AvgIpc) is 2.52. The minimum Gasteiger partial charge on any atom is -0.295 e. The molecule has 0 radical (unpaired) electrons. The lowest BCUT2D eigenvalue weighted by atomic mass is 10.0. The van der Waals surface area contributed by atoms with E-state index in [4.69, 9.17) is 0 Å². The van der Waals surface area contributed by atoms with Crippen LogP contribution in [0, 0.1) is 13.8 Å². The second-order valence-electron chi connectivity index (χ2n) is 6.02. The zero-order valence-corrected chi connectivity index (χ0v) is 17.1. The molecule has 0 amide bonds. The predicted molar refractivity (Wildman–Crippen MR) is 107 cm³/mol. The first-order valence-corrected chi connectivity index (χ1v) is 8.74. The molecule has 0 N–H and O–H groups in total. The van der Waals surface area contributed by atoms with Crippen LogP contribution < -0.4 is 0 Å². The molecule has 0 spiro atoms. The van der Waals surface area contributed by atoms with Crippen LogP contribution in [-0.4, -0.2) is 10.8 Å². The maximum atomic E-state index is 10.0. The first kappa shape index (κ1) is 22.3. The van der Waals surface area contributed by atoms with Gasteiger partial charge in [0, 0.05) is 16.4 Å². The number of nitrogens with zero attached hydrogens (tertiary/aromatic N) is 1. The number of Topliss-reactive ketones (excluding diaryl/α,β-unsaturated/α-hetero) is 1. The first-order valence-electron chi connectivity index (χ1n) is 7.94. The van der Waals surface area contributed by atoms with Crippen molar-refractivity contribution < 1.29 is 4.79 Å².